The van der Waals surface area contributed by atoms with E-state index in [1.165, 1.54) is 4.68 Å². The maximum Gasteiger partial charge on any atom is 0.254 e. The maximum atomic E-state index is 10.7. The van der Waals surface area contributed by atoms with E-state index in [0.717, 1.165) is 5.69 Å². The molecule has 2 heterocycles. The predicted octanol–water partition coefficient (Wildman–Crippen LogP) is 5.13. The Morgan fingerprint density at radius 1 is 1.22 bits per heavy atom. The molecule has 0 bridgehead atoms. The number of nitrogens with one attached hydrogen (secondary N) is 1. The maximum absolute atomic E-state index is 10.7. The lowest BCUT2D eigenvalue weighted by molar-refractivity contribution is 0.434. The molecule has 3 aromatic rings. The average molecular weight is 363 g/mol. The monoisotopic (exact) mass is 363 g/mol. The summed E-state index contributed by atoms with van der Waals surface area (Å²) in [6, 6.07) is 9.32. The van der Waals surface area contributed by atoms with Gasteiger partial charge in [0.2, 0.25) is 5.88 Å². The van der Waals surface area contributed by atoms with Crippen molar-refractivity contribution < 1.29 is 5.11 Å². The second kappa shape index (κ2) is 7.03. The summed E-state index contributed by atoms with van der Waals surface area (Å²) in [5.41, 5.74) is 2.21. The minimum atomic E-state index is -0.364. The first kappa shape index (κ1) is 18.3. The van der Waals surface area contributed by atoms with Crippen molar-refractivity contribution in [2.24, 2.45) is 10.2 Å². The second-order valence-corrected chi connectivity index (χ2v) is 7.05. The van der Waals surface area contributed by atoms with E-state index in [1.54, 1.807) is 0 Å². The zero-order valence-electron chi connectivity index (χ0n) is 15.7. The largest absolute Gasteiger partial charge is 0.492 e. The van der Waals surface area contributed by atoms with Crippen LogP contribution in [0.2, 0.25) is 0 Å². The van der Waals surface area contributed by atoms with Crippen LogP contribution in [-0.4, -0.2) is 25.1 Å². The zero-order valence-corrected chi connectivity index (χ0v) is 15.7. The molecule has 0 saturated heterocycles. The number of nitrogens with zero attached hydrogens (tertiary/aromatic N) is 6. The number of hydrogen-bond donors (Lipinski definition) is 2. The van der Waals surface area contributed by atoms with Gasteiger partial charge in [0.05, 0.1) is 23.6 Å². The number of aromatic hydroxyl groups is 1. The van der Waals surface area contributed by atoms with Gasteiger partial charge in [-0.1, -0.05) is 45.9 Å². The van der Waals surface area contributed by atoms with Gasteiger partial charge in [-0.15, -0.1) is 10.2 Å². The molecule has 27 heavy (non-hydrogen) atoms. The van der Waals surface area contributed by atoms with Crippen LogP contribution in [0.1, 0.15) is 39.1 Å². The highest BCUT2D eigenvalue weighted by Gasteiger charge is 2.28. The number of aryl methyl sites for hydroxylation is 1. The first-order valence-electron chi connectivity index (χ1n) is 8.61. The summed E-state index contributed by atoms with van der Waals surface area (Å²) < 4.78 is 1.44. The first-order chi connectivity index (χ1) is 12.9. The Balaban J connectivity index is 2.11. The molecule has 0 amide bonds. The summed E-state index contributed by atoms with van der Waals surface area (Å²) in [4.78, 5) is 3.48. The number of rotatable bonds is 4. The van der Waals surface area contributed by atoms with Gasteiger partial charge in [0, 0.05) is 5.41 Å². The fourth-order valence-electron chi connectivity index (χ4n) is 2.64. The molecule has 0 unspecified atom stereocenters. The van der Waals surface area contributed by atoms with Crippen molar-refractivity contribution in [3.05, 3.63) is 53.1 Å². The van der Waals surface area contributed by atoms with Crippen molar-refractivity contribution in [3.8, 4) is 11.6 Å². The summed E-state index contributed by atoms with van der Waals surface area (Å²) >= 11 is 0. The van der Waals surface area contributed by atoms with E-state index in [9.17, 15) is 5.11 Å². The van der Waals surface area contributed by atoms with Crippen molar-refractivity contribution in [2.75, 3.05) is 0 Å². The molecule has 0 aliphatic carbocycles. The van der Waals surface area contributed by atoms with E-state index in [-0.39, 0.29) is 22.8 Å². The number of para-hydroxylation sites is 1. The van der Waals surface area contributed by atoms with Crippen LogP contribution in [0.25, 0.3) is 10.5 Å². The SMILES string of the molecule is [C-]#[N+]c1c(CC)n[nH]c1/N=N/c1c(C(C)(C)C)nn(-c2ccccc2)c1O. The number of azo groups is 1. The molecule has 0 spiro atoms. The van der Waals surface area contributed by atoms with Crippen LogP contribution in [0, 0.1) is 6.57 Å². The van der Waals surface area contributed by atoms with E-state index in [2.05, 4.69) is 30.4 Å². The minimum absolute atomic E-state index is 0.102. The van der Waals surface area contributed by atoms with Crippen LogP contribution in [0.5, 0.6) is 5.88 Å². The quantitative estimate of drug-likeness (QED) is 0.497. The smallest absolute Gasteiger partial charge is 0.254 e. The highest BCUT2D eigenvalue weighted by Crippen LogP contribution is 2.40. The summed E-state index contributed by atoms with van der Waals surface area (Å²) in [5.74, 6) is 0.169. The van der Waals surface area contributed by atoms with Gasteiger partial charge >= 0.3 is 0 Å². The van der Waals surface area contributed by atoms with Crippen LogP contribution in [0.3, 0.4) is 0 Å². The van der Waals surface area contributed by atoms with E-state index in [4.69, 9.17) is 6.57 Å². The Bertz CT molecular complexity index is 1020. The van der Waals surface area contributed by atoms with Crippen molar-refractivity contribution in [1.82, 2.24) is 20.0 Å². The number of aromatic nitrogens is 4. The third-order valence-corrected chi connectivity index (χ3v) is 4.04. The van der Waals surface area contributed by atoms with Gasteiger partial charge in [0.1, 0.15) is 0 Å². The van der Waals surface area contributed by atoms with Crippen LogP contribution in [0.15, 0.2) is 40.6 Å². The van der Waals surface area contributed by atoms with Gasteiger partial charge in [0.25, 0.3) is 5.69 Å². The van der Waals surface area contributed by atoms with Crippen molar-refractivity contribution in [2.45, 2.75) is 39.5 Å². The Hall–Kier alpha value is -3.47. The Morgan fingerprint density at radius 2 is 1.93 bits per heavy atom. The van der Waals surface area contributed by atoms with Crippen molar-refractivity contribution in [1.29, 1.82) is 0 Å². The molecule has 8 nitrogen and oxygen atoms in total. The summed E-state index contributed by atoms with van der Waals surface area (Å²) in [7, 11) is 0. The van der Waals surface area contributed by atoms with E-state index in [1.807, 2.05) is 58.0 Å². The van der Waals surface area contributed by atoms with E-state index >= 15 is 0 Å². The van der Waals surface area contributed by atoms with Gasteiger partial charge < -0.3 is 5.11 Å². The van der Waals surface area contributed by atoms with Crippen molar-refractivity contribution >= 4 is 17.2 Å². The predicted molar refractivity (Wildman–Crippen MR) is 102 cm³/mol. The number of benzene rings is 1. The van der Waals surface area contributed by atoms with Crippen LogP contribution in [0.4, 0.5) is 17.2 Å². The number of hydrogen-bond acceptors (Lipinski definition) is 5. The van der Waals surface area contributed by atoms with Gasteiger partial charge in [-0.25, -0.2) is 4.85 Å². The molecule has 0 fully saturated rings. The molecule has 0 aliphatic heterocycles. The van der Waals surface area contributed by atoms with Gasteiger partial charge in [-0.3, -0.25) is 5.10 Å². The highest BCUT2D eigenvalue weighted by atomic mass is 16.3. The molecule has 138 valence electrons. The normalized spacial score (nSPS) is 11.8. The fraction of sp³-hybridized carbons (Fsp3) is 0.316. The van der Waals surface area contributed by atoms with Gasteiger partial charge in [0.15, 0.2) is 11.5 Å². The molecule has 0 atom stereocenters. The molecule has 2 N–H and O–H groups in total. The third kappa shape index (κ3) is 3.44. The van der Waals surface area contributed by atoms with Crippen LogP contribution in [-0.2, 0) is 11.8 Å². The fourth-order valence-corrected chi connectivity index (χ4v) is 2.64. The summed E-state index contributed by atoms with van der Waals surface area (Å²) in [6.07, 6.45) is 0.619. The summed E-state index contributed by atoms with van der Waals surface area (Å²) in [5, 5.41) is 30.5. The number of aromatic amines is 1. The standard InChI is InChI=1S/C19H21N7O/c1-6-13-14(20-5)17(23-21-13)24-22-15-16(19(2,3)4)25-26(18(15)27)12-10-8-7-9-11-12/h7-11,27H,6H2,1-4H3,(H,21,23)/b24-22+. The molecule has 1 aromatic carbocycles. The van der Waals surface area contributed by atoms with Gasteiger partial charge in [-0.2, -0.15) is 14.9 Å². The molecule has 3 rings (SSSR count). The van der Waals surface area contributed by atoms with E-state index in [0.29, 0.717) is 23.5 Å². The number of H-pyrrole nitrogens is 1. The molecule has 2 aromatic heterocycles. The minimum Gasteiger partial charge on any atom is -0.492 e. The Morgan fingerprint density at radius 3 is 2.52 bits per heavy atom. The second-order valence-electron chi connectivity index (χ2n) is 7.05. The Kier molecular flexibility index (Phi) is 4.77. The third-order valence-electron chi connectivity index (χ3n) is 4.04. The molecular weight excluding hydrogens is 342 g/mol. The molecule has 0 aliphatic rings. The summed E-state index contributed by atoms with van der Waals surface area (Å²) in [6.45, 7) is 15.2. The van der Waals surface area contributed by atoms with E-state index < -0.39 is 0 Å². The zero-order chi connectivity index (χ0) is 19.6. The van der Waals surface area contributed by atoms with Crippen molar-refractivity contribution in [3.63, 3.8) is 0 Å². The lowest BCUT2D eigenvalue weighted by Crippen LogP contribution is -2.13. The van der Waals surface area contributed by atoms with Gasteiger partial charge in [-0.05, 0) is 18.6 Å². The first-order valence-corrected chi connectivity index (χ1v) is 8.61. The van der Waals surface area contributed by atoms with Crippen LogP contribution >= 0.6 is 0 Å². The lowest BCUT2D eigenvalue weighted by atomic mass is 9.91. The Labute approximate surface area is 157 Å². The average Bonchev–Trinajstić information content (AvgIpc) is 3.20. The molecular formula is C19H21N7O. The topological polar surface area (TPSA) is 95.8 Å². The lowest BCUT2D eigenvalue weighted by Gasteiger charge is -2.15. The molecule has 8 heteroatoms. The highest BCUT2D eigenvalue weighted by molar-refractivity contribution is 5.65. The van der Waals surface area contributed by atoms with Crippen LogP contribution < -0.4 is 0 Å². The molecule has 0 radical (unpaired) electrons. The molecule has 0 saturated carbocycles.